The smallest absolute Gasteiger partial charge is 0.314 e. The molecule has 0 aromatic heterocycles. The highest BCUT2D eigenvalue weighted by atomic mass is 19.4. The van der Waals surface area contributed by atoms with Gasteiger partial charge in [0.25, 0.3) is 0 Å². The molecule has 0 bridgehead atoms. The van der Waals surface area contributed by atoms with Crippen LogP contribution in [-0.4, -0.2) is 43.3 Å². The second-order valence-electron chi connectivity index (χ2n) is 5.66. The fourth-order valence-corrected chi connectivity index (χ4v) is 2.21. The van der Waals surface area contributed by atoms with Gasteiger partial charge in [0.05, 0.1) is 6.54 Å². The van der Waals surface area contributed by atoms with E-state index in [-0.39, 0.29) is 5.41 Å². The van der Waals surface area contributed by atoms with Gasteiger partial charge in [-0.05, 0) is 24.8 Å². The summed E-state index contributed by atoms with van der Waals surface area (Å²) < 4.78 is 37.6. The summed E-state index contributed by atoms with van der Waals surface area (Å²) in [6.07, 6.45) is -2.34. The van der Waals surface area contributed by atoms with Crippen molar-refractivity contribution in [1.82, 2.24) is 10.2 Å². The van der Waals surface area contributed by atoms with Gasteiger partial charge in [0.1, 0.15) is 0 Å². The van der Waals surface area contributed by atoms with Gasteiger partial charge in [-0.25, -0.2) is 0 Å². The lowest BCUT2D eigenvalue weighted by molar-refractivity contribution is -0.148. The largest absolute Gasteiger partial charge is 0.401 e. The Kier molecular flexibility index (Phi) is 7.98. The molecule has 0 spiro atoms. The lowest BCUT2D eigenvalue weighted by Gasteiger charge is -2.38. The number of alkyl halides is 3. The normalized spacial score (nSPS) is 13.6. The minimum atomic E-state index is -4.12. The van der Waals surface area contributed by atoms with E-state index in [1.54, 1.807) is 6.92 Å². The first kappa shape index (κ1) is 18.7. The van der Waals surface area contributed by atoms with Crippen molar-refractivity contribution in [3.8, 4) is 0 Å². The molecule has 0 unspecified atom stereocenters. The topological polar surface area (TPSA) is 15.3 Å². The van der Waals surface area contributed by atoms with E-state index in [1.807, 2.05) is 0 Å². The molecular weight excluding hydrogens is 253 g/mol. The highest BCUT2D eigenvalue weighted by molar-refractivity contribution is 4.84. The molecule has 0 aliphatic heterocycles. The Morgan fingerprint density at radius 1 is 1.00 bits per heavy atom. The van der Waals surface area contributed by atoms with Crippen molar-refractivity contribution in [2.24, 2.45) is 5.41 Å². The van der Waals surface area contributed by atoms with Gasteiger partial charge < -0.3 is 5.32 Å². The molecular formula is C14H29F3N2. The Bertz CT molecular complexity index is 235. The summed E-state index contributed by atoms with van der Waals surface area (Å²) in [5.74, 6) is 0. The molecule has 0 saturated carbocycles. The van der Waals surface area contributed by atoms with E-state index in [9.17, 15) is 13.2 Å². The maximum absolute atomic E-state index is 12.5. The molecule has 0 aromatic carbocycles. The zero-order valence-electron chi connectivity index (χ0n) is 12.9. The summed E-state index contributed by atoms with van der Waals surface area (Å²) in [4.78, 5) is 1.51. The number of halogens is 3. The Morgan fingerprint density at radius 3 is 1.84 bits per heavy atom. The van der Waals surface area contributed by atoms with Crippen molar-refractivity contribution in [2.75, 3.05) is 26.2 Å². The van der Waals surface area contributed by atoms with Crippen molar-refractivity contribution in [1.29, 1.82) is 0 Å². The second kappa shape index (κ2) is 8.10. The van der Waals surface area contributed by atoms with Gasteiger partial charge in [-0.3, -0.25) is 4.90 Å². The molecule has 5 heteroatoms. The van der Waals surface area contributed by atoms with E-state index in [1.165, 1.54) is 4.90 Å². The van der Waals surface area contributed by atoms with Crippen molar-refractivity contribution >= 4 is 0 Å². The molecule has 0 radical (unpaired) electrons. The maximum Gasteiger partial charge on any atom is 0.401 e. The molecule has 0 atom stereocenters. The average molecular weight is 282 g/mol. The lowest BCUT2D eigenvalue weighted by atomic mass is 9.81. The van der Waals surface area contributed by atoms with Crippen LogP contribution in [0.2, 0.25) is 0 Å². The van der Waals surface area contributed by atoms with Crippen LogP contribution in [0.3, 0.4) is 0 Å². The Labute approximate surface area is 115 Å². The van der Waals surface area contributed by atoms with E-state index in [0.717, 1.165) is 19.4 Å². The minimum Gasteiger partial charge on any atom is -0.314 e. The molecule has 0 rings (SSSR count). The van der Waals surface area contributed by atoms with E-state index in [4.69, 9.17) is 0 Å². The number of hydrogen-bond donors (Lipinski definition) is 1. The van der Waals surface area contributed by atoms with Crippen LogP contribution in [0.5, 0.6) is 0 Å². The predicted octanol–water partition coefficient (Wildman–Crippen LogP) is 3.68. The van der Waals surface area contributed by atoms with Crippen LogP contribution in [0, 0.1) is 5.41 Å². The lowest BCUT2D eigenvalue weighted by Crippen LogP contribution is -2.47. The first-order chi connectivity index (χ1) is 8.68. The van der Waals surface area contributed by atoms with Gasteiger partial charge in [0.15, 0.2) is 0 Å². The SMILES string of the molecule is CCN(CC(F)(F)F)CC(CC)(CC)CNC(C)C. The van der Waals surface area contributed by atoms with Crippen molar-refractivity contribution in [3.05, 3.63) is 0 Å². The summed E-state index contributed by atoms with van der Waals surface area (Å²) in [6.45, 7) is 10.9. The molecule has 1 N–H and O–H groups in total. The average Bonchev–Trinajstić information content (AvgIpc) is 2.31. The van der Waals surface area contributed by atoms with E-state index in [2.05, 4.69) is 33.0 Å². The molecule has 0 amide bonds. The summed E-state index contributed by atoms with van der Waals surface area (Å²) in [5.41, 5.74) is -0.0778. The number of nitrogens with zero attached hydrogens (tertiary/aromatic N) is 1. The fraction of sp³-hybridized carbons (Fsp3) is 1.00. The molecule has 0 fully saturated rings. The molecule has 0 aromatic rings. The number of hydrogen-bond acceptors (Lipinski definition) is 2. The van der Waals surface area contributed by atoms with Crippen LogP contribution in [0.4, 0.5) is 13.2 Å². The third-order valence-corrected chi connectivity index (χ3v) is 3.79. The van der Waals surface area contributed by atoms with Gasteiger partial charge in [0, 0.05) is 19.1 Å². The van der Waals surface area contributed by atoms with Crippen LogP contribution < -0.4 is 5.32 Å². The molecule has 0 aliphatic rings. The molecule has 0 saturated heterocycles. The van der Waals surface area contributed by atoms with Crippen molar-refractivity contribution in [2.45, 2.75) is 59.7 Å². The summed E-state index contributed by atoms with van der Waals surface area (Å²) in [7, 11) is 0. The van der Waals surface area contributed by atoms with E-state index >= 15 is 0 Å². The first-order valence-electron chi connectivity index (χ1n) is 7.20. The van der Waals surface area contributed by atoms with Gasteiger partial charge in [-0.1, -0.05) is 34.6 Å². The highest BCUT2D eigenvalue weighted by Gasteiger charge is 2.34. The Hall–Kier alpha value is -0.290. The molecule has 0 heterocycles. The summed E-state index contributed by atoms with van der Waals surface area (Å²) in [6, 6.07) is 0.357. The van der Waals surface area contributed by atoms with E-state index < -0.39 is 12.7 Å². The monoisotopic (exact) mass is 282 g/mol. The third-order valence-electron chi connectivity index (χ3n) is 3.79. The minimum absolute atomic E-state index is 0.0778. The summed E-state index contributed by atoms with van der Waals surface area (Å²) >= 11 is 0. The molecule has 0 aliphatic carbocycles. The van der Waals surface area contributed by atoms with Crippen LogP contribution in [0.1, 0.15) is 47.5 Å². The predicted molar refractivity (Wildman–Crippen MR) is 74.3 cm³/mol. The zero-order valence-corrected chi connectivity index (χ0v) is 12.9. The van der Waals surface area contributed by atoms with Gasteiger partial charge in [-0.15, -0.1) is 0 Å². The van der Waals surface area contributed by atoms with Gasteiger partial charge in [0.2, 0.25) is 0 Å². The molecule has 2 nitrogen and oxygen atoms in total. The van der Waals surface area contributed by atoms with Gasteiger partial charge in [-0.2, -0.15) is 13.2 Å². The number of nitrogens with one attached hydrogen (secondary N) is 1. The molecule has 116 valence electrons. The third kappa shape index (κ3) is 7.78. The van der Waals surface area contributed by atoms with Crippen molar-refractivity contribution in [3.63, 3.8) is 0 Å². The Balaban J connectivity index is 4.68. The first-order valence-corrected chi connectivity index (χ1v) is 7.20. The number of rotatable bonds is 9. The zero-order chi connectivity index (χ0) is 15.1. The maximum atomic E-state index is 12.5. The standard InChI is InChI=1S/C14H29F3N2/c1-6-13(7-2,9-18-12(4)5)10-19(8-3)11-14(15,16)17/h12,18H,6-11H2,1-5H3. The second-order valence-corrected chi connectivity index (χ2v) is 5.66. The van der Waals surface area contributed by atoms with Crippen LogP contribution in [0.15, 0.2) is 0 Å². The highest BCUT2D eigenvalue weighted by Crippen LogP contribution is 2.28. The van der Waals surface area contributed by atoms with E-state index in [0.29, 0.717) is 19.1 Å². The van der Waals surface area contributed by atoms with Crippen LogP contribution in [0.25, 0.3) is 0 Å². The quantitative estimate of drug-likeness (QED) is 0.694. The summed E-state index contributed by atoms with van der Waals surface area (Å²) in [5, 5.41) is 3.37. The van der Waals surface area contributed by atoms with Crippen LogP contribution >= 0.6 is 0 Å². The fourth-order valence-electron chi connectivity index (χ4n) is 2.21. The molecule has 19 heavy (non-hydrogen) atoms. The van der Waals surface area contributed by atoms with Crippen LogP contribution in [-0.2, 0) is 0 Å². The van der Waals surface area contributed by atoms with Crippen molar-refractivity contribution < 1.29 is 13.2 Å². The van der Waals surface area contributed by atoms with Gasteiger partial charge >= 0.3 is 6.18 Å². The Morgan fingerprint density at radius 2 is 1.53 bits per heavy atom.